The molecule has 0 atom stereocenters. The van der Waals surface area contributed by atoms with E-state index in [2.05, 4.69) is 10.5 Å². The molecule has 1 heterocycles. The number of aromatic hydroxyl groups is 2. The molecule has 0 spiro atoms. The zero-order valence-corrected chi connectivity index (χ0v) is 18.1. The Morgan fingerprint density at radius 1 is 1.00 bits per heavy atom. The second-order valence-electron chi connectivity index (χ2n) is 7.32. The summed E-state index contributed by atoms with van der Waals surface area (Å²) in [4.78, 5) is 11.7. The largest absolute Gasteiger partial charge is 0.507 e. The fourth-order valence-electron chi connectivity index (χ4n) is 3.41. The van der Waals surface area contributed by atoms with Crippen molar-refractivity contribution in [3.8, 4) is 39.6 Å². The van der Waals surface area contributed by atoms with Gasteiger partial charge in [-0.05, 0) is 29.3 Å². The number of hydrogen-bond acceptors (Lipinski definition) is 6. The number of aromatic nitrogens is 1. The van der Waals surface area contributed by atoms with Gasteiger partial charge in [-0.25, -0.2) is 0 Å². The first kappa shape index (κ1) is 21.7. The van der Waals surface area contributed by atoms with Gasteiger partial charge in [-0.1, -0.05) is 59.8 Å². The van der Waals surface area contributed by atoms with Gasteiger partial charge in [-0.3, -0.25) is 10.1 Å². The fraction of sp³-hybridized carbons (Fsp3) is 0.0769. The summed E-state index contributed by atoms with van der Waals surface area (Å²) >= 11 is 0. The lowest BCUT2D eigenvalue weighted by Crippen LogP contribution is -2.05. The number of carbonyl (C=O) groups is 1. The number of benzene rings is 3. The number of methoxy groups -OCH3 is 1. The second kappa shape index (κ2) is 9.32. The minimum atomic E-state index is -0.325. The highest BCUT2D eigenvalue weighted by molar-refractivity contribution is 5.97. The Labute approximate surface area is 190 Å². The van der Waals surface area contributed by atoms with Gasteiger partial charge in [0.05, 0.1) is 12.7 Å². The lowest BCUT2D eigenvalue weighted by Gasteiger charge is -2.09. The van der Waals surface area contributed by atoms with E-state index in [9.17, 15) is 15.0 Å². The summed E-state index contributed by atoms with van der Waals surface area (Å²) in [7, 11) is 1.57. The third-order valence-corrected chi connectivity index (χ3v) is 5.02. The van der Waals surface area contributed by atoms with Gasteiger partial charge >= 0.3 is 0 Å². The van der Waals surface area contributed by atoms with Crippen LogP contribution < -0.4 is 10.1 Å². The molecule has 3 aromatic carbocycles. The number of hydrogen-bond donors (Lipinski definition) is 3. The molecule has 0 aliphatic rings. The molecule has 166 valence electrons. The minimum Gasteiger partial charge on any atom is -0.507 e. The molecule has 4 aromatic rings. The lowest BCUT2D eigenvalue weighted by molar-refractivity contribution is -0.114. The van der Waals surface area contributed by atoms with Gasteiger partial charge in [-0.15, -0.1) is 0 Å². The van der Waals surface area contributed by atoms with Crippen LogP contribution >= 0.6 is 0 Å². The van der Waals surface area contributed by atoms with E-state index >= 15 is 0 Å². The van der Waals surface area contributed by atoms with Crippen molar-refractivity contribution in [2.45, 2.75) is 6.92 Å². The Kier molecular flexibility index (Phi) is 6.13. The van der Waals surface area contributed by atoms with Crippen LogP contribution in [-0.4, -0.2) is 28.4 Å². The highest BCUT2D eigenvalue weighted by Crippen LogP contribution is 2.43. The summed E-state index contributed by atoms with van der Waals surface area (Å²) < 4.78 is 10.6. The normalized spacial score (nSPS) is 11.0. The van der Waals surface area contributed by atoms with Crippen LogP contribution in [0.1, 0.15) is 18.1 Å². The van der Waals surface area contributed by atoms with Crippen LogP contribution in [0.3, 0.4) is 0 Å². The van der Waals surface area contributed by atoms with Gasteiger partial charge in [-0.2, -0.15) is 0 Å². The molecule has 0 saturated heterocycles. The predicted molar refractivity (Wildman–Crippen MR) is 127 cm³/mol. The summed E-state index contributed by atoms with van der Waals surface area (Å²) in [6, 6.07) is 19.7. The van der Waals surface area contributed by atoms with Gasteiger partial charge in [0.15, 0.2) is 0 Å². The van der Waals surface area contributed by atoms with Gasteiger partial charge in [0.25, 0.3) is 0 Å². The second-order valence-corrected chi connectivity index (χ2v) is 7.32. The molecule has 0 bridgehead atoms. The van der Waals surface area contributed by atoms with Crippen LogP contribution in [0.5, 0.6) is 17.2 Å². The molecule has 7 heteroatoms. The van der Waals surface area contributed by atoms with Gasteiger partial charge in [0.2, 0.25) is 11.8 Å². The van der Waals surface area contributed by atoms with Gasteiger partial charge in [0.1, 0.15) is 22.9 Å². The number of amides is 1. The molecule has 0 radical (unpaired) electrons. The number of nitrogens with zero attached hydrogens (tertiary/aromatic N) is 1. The summed E-state index contributed by atoms with van der Waals surface area (Å²) in [6.07, 6.45) is 3.60. The highest BCUT2D eigenvalue weighted by Gasteiger charge is 2.23. The molecule has 0 saturated carbocycles. The minimum absolute atomic E-state index is 0.0833. The van der Waals surface area contributed by atoms with Gasteiger partial charge < -0.3 is 19.5 Å². The predicted octanol–water partition coefficient (Wildman–Crippen LogP) is 5.56. The van der Waals surface area contributed by atoms with Crippen molar-refractivity contribution >= 4 is 23.9 Å². The number of nitrogens with one attached hydrogen (secondary N) is 1. The highest BCUT2D eigenvalue weighted by atomic mass is 16.5. The Morgan fingerprint density at radius 2 is 1.73 bits per heavy atom. The van der Waals surface area contributed by atoms with Gasteiger partial charge in [0, 0.05) is 24.1 Å². The summed E-state index contributed by atoms with van der Waals surface area (Å²) in [6.45, 7) is 1.37. The number of anilines is 1. The molecule has 0 unspecified atom stereocenters. The van der Waals surface area contributed by atoms with E-state index in [1.54, 1.807) is 43.5 Å². The summed E-state index contributed by atoms with van der Waals surface area (Å²) in [5.41, 5.74) is 3.29. The average molecular weight is 442 g/mol. The van der Waals surface area contributed by atoms with Crippen molar-refractivity contribution in [3.05, 3.63) is 77.9 Å². The number of phenols is 2. The standard InChI is InChI=1S/C26H22N2O5/c1-16(29)27-26-24(18-10-12-20(32-2)13-11-18)25(28-33-26)21-14-19(22(30)15-23(21)31)9-8-17-6-4-3-5-7-17/h3-15,30-31H,1-2H3,(H,27,29). The average Bonchev–Trinajstić information content (AvgIpc) is 3.21. The summed E-state index contributed by atoms with van der Waals surface area (Å²) in [5, 5.41) is 27.8. The van der Waals surface area contributed by atoms with Crippen LogP contribution in [-0.2, 0) is 4.79 Å². The van der Waals surface area contributed by atoms with Crippen molar-refractivity contribution in [1.82, 2.24) is 5.16 Å². The van der Waals surface area contributed by atoms with Crippen LogP contribution in [0.2, 0.25) is 0 Å². The molecule has 33 heavy (non-hydrogen) atoms. The zero-order valence-electron chi connectivity index (χ0n) is 18.1. The van der Waals surface area contributed by atoms with E-state index in [0.717, 1.165) is 5.56 Å². The Bertz CT molecular complexity index is 1310. The smallest absolute Gasteiger partial charge is 0.239 e. The number of ether oxygens (including phenoxy) is 1. The zero-order chi connectivity index (χ0) is 23.4. The Morgan fingerprint density at radius 3 is 2.39 bits per heavy atom. The maximum Gasteiger partial charge on any atom is 0.239 e. The van der Waals surface area contributed by atoms with E-state index < -0.39 is 0 Å². The van der Waals surface area contributed by atoms with Crippen molar-refractivity contribution in [1.29, 1.82) is 0 Å². The van der Waals surface area contributed by atoms with Crippen molar-refractivity contribution in [2.24, 2.45) is 0 Å². The monoisotopic (exact) mass is 442 g/mol. The molecular formula is C26H22N2O5. The van der Waals surface area contributed by atoms with E-state index in [1.807, 2.05) is 36.4 Å². The quantitative estimate of drug-likeness (QED) is 0.338. The first-order valence-corrected chi connectivity index (χ1v) is 10.2. The first-order chi connectivity index (χ1) is 16.0. The maximum atomic E-state index is 11.7. The van der Waals surface area contributed by atoms with E-state index in [4.69, 9.17) is 9.26 Å². The van der Waals surface area contributed by atoms with Crippen molar-refractivity contribution in [3.63, 3.8) is 0 Å². The van der Waals surface area contributed by atoms with Crippen molar-refractivity contribution < 1.29 is 24.3 Å². The fourth-order valence-corrected chi connectivity index (χ4v) is 3.41. The molecule has 0 aliphatic carbocycles. The summed E-state index contributed by atoms with van der Waals surface area (Å²) in [5.74, 6) is 0.228. The molecular weight excluding hydrogens is 420 g/mol. The number of phenolic OH excluding ortho intramolecular Hbond substituents is 2. The maximum absolute atomic E-state index is 11.7. The SMILES string of the molecule is COc1ccc(-c2c(-c3cc(C=Cc4ccccc4)c(O)cc3O)noc2NC(C)=O)cc1. The third-order valence-electron chi connectivity index (χ3n) is 5.02. The molecule has 0 aliphatic heterocycles. The Balaban J connectivity index is 1.83. The van der Waals surface area contributed by atoms with E-state index in [-0.39, 0.29) is 23.3 Å². The lowest BCUT2D eigenvalue weighted by atomic mass is 9.98. The van der Waals surface area contributed by atoms with E-state index in [0.29, 0.717) is 33.7 Å². The van der Waals surface area contributed by atoms with Crippen LogP contribution in [0.25, 0.3) is 34.5 Å². The van der Waals surface area contributed by atoms with E-state index in [1.165, 1.54) is 13.0 Å². The van der Waals surface area contributed by atoms with Crippen LogP contribution in [0.4, 0.5) is 5.88 Å². The molecule has 1 aromatic heterocycles. The molecule has 0 fully saturated rings. The van der Waals surface area contributed by atoms with Crippen LogP contribution in [0.15, 0.2) is 71.3 Å². The number of rotatable bonds is 6. The molecule has 7 nitrogen and oxygen atoms in total. The van der Waals surface area contributed by atoms with Crippen molar-refractivity contribution in [2.75, 3.05) is 12.4 Å². The Hall–Kier alpha value is -4.52. The molecule has 4 rings (SSSR count). The topological polar surface area (TPSA) is 105 Å². The first-order valence-electron chi connectivity index (χ1n) is 10.2. The third kappa shape index (κ3) is 4.72. The number of carbonyl (C=O) groups excluding carboxylic acids is 1. The van der Waals surface area contributed by atoms with Crippen LogP contribution in [0, 0.1) is 0 Å². The molecule has 3 N–H and O–H groups in total. The molecule has 1 amide bonds.